The fourth-order valence-electron chi connectivity index (χ4n) is 2.77. The highest BCUT2D eigenvalue weighted by atomic mass is 35.5. The molecule has 6 nitrogen and oxygen atoms in total. The van der Waals surface area contributed by atoms with Crippen molar-refractivity contribution < 1.29 is 4.79 Å². The van der Waals surface area contributed by atoms with E-state index in [0.29, 0.717) is 23.2 Å². The molecule has 1 fully saturated rings. The highest BCUT2D eigenvalue weighted by Gasteiger charge is 2.19. The minimum atomic E-state index is -0.203. The van der Waals surface area contributed by atoms with Gasteiger partial charge in [-0.25, -0.2) is 9.97 Å². The largest absolute Gasteiger partial charge is 0.347 e. The second-order valence-corrected chi connectivity index (χ2v) is 6.41. The third-order valence-corrected chi connectivity index (χ3v) is 4.60. The summed E-state index contributed by atoms with van der Waals surface area (Å²) in [6.07, 6.45) is 1.64. The van der Waals surface area contributed by atoms with Gasteiger partial charge in [-0.2, -0.15) is 0 Å². The van der Waals surface area contributed by atoms with Gasteiger partial charge in [-0.05, 0) is 30.3 Å². The summed E-state index contributed by atoms with van der Waals surface area (Å²) in [5, 5.41) is 3.56. The van der Waals surface area contributed by atoms with Crippen LogP contribution in [0.1, 0.15) is 23.0 Å². The molecule has 0 radical (unpaired) electrons. The normalized spacial score (nSPS) is 15.2. The van der Waals surface area contributed by atoms with E-state index in [9.17, 15) is 4.79 Å². The number of nitrogens with one attached hydrogen (secondary N) is 1. The fraction of sp³-hybridized carbons (Fsp3) is 0.389. The van der Waals surface area contributed by atoms with Crippen LogP contribution in [0.4, 0.5) is 5.95 Å². The molecule has 25 heavy (non-hydrogen) atoms. The van der Waals surface area contributed by atoms with Gasteiger partial charge in [0.2, 0.25) is 5.95 Å². The van der Waals surface area contributed by atoms with Crippen LogP contribution in [0.5, 0.6) is 0 Å². The van der Waals surface area contributed by atoms with E-state index in [1.54, 1.807) is 12.3 Å². The van der Waals surface area contributed by atoms with Crippen molar-refractivity contribution in [2.75, 3.05) is 37.6 Å². The van der Waals surface area contributed by atoms with Crippen LogP contribution in [-0.4, -0.2) is 53.5 Å². The van der Waals surface area contributed by atoms with Crippen molar-refractivity contribution in [1.29, 1.82) is 0 Å². The standard InChI is InChI=1S/C18H22ClN5O/c1-2-23-9-11-24(12-10-23)18-20-8-7-16(22-18)17(25)21-13-14-3-5-15(19)6-4-14/h3-8H,2,9-13H2,1H3,(H,21,25). The lowest BCUT2D eigenvalue weighted by Gasteiger charge is -2.34. The molecule has 7 heteroatoms. The lowest BCUT2D eigenvalue weighted by atomic mass is 10.2. The van der Waals surface area contributed by atoms with Gasteiger partial charge in [0.15, 0.2) is 0 Å². The first-order valence-corrected chi connectivity index (χ1v) is 8.86. The van der Waals surface area contributed by atoms with Gasteiger partial charge in [-0.15, -0.1) is 0 Å². The number of rotatable bonds is 5. The zero-order valence-corrected chi connectivity index (χ0v) is 15.0. The number of amides is 1. The number of aromatic nitrogens is 2. The summed E-state index contributed by atoms with van der Waals surface area (Å²) in [5.41, 5.74) is 1.37. The topological polar surface area (TPSA) is 61.4 Å². The Hall–Kier alpha value is -2.18. The SMILES string of the molecule is CCN1CCN(c2nccc(C(=O)NCc3ccc(Cl)cc3)n2)CC1. The van der Waals surface area contributed by atoms with Crippen LogP contribution in [0, 0.1) is 0 Å². The minimum Gasteiger partial charge on any atom is -0.347 e. The van der Waals surface area contributed by atoms with Crippen molar-refractivity contribution in [2.24, 2.45) is 0 Å². The average Bonchev–Trinajstić information content (AvgIpc) is 2.67. The van der Waals surface area contributed by atoms with Crippen LogP contribution in [0.3, 0.4) is 0 Å². The summed E-state index contributed by atoms with van der Waals surface area (Å²) in [7, 11) is 0. The smallest absolute Gasteiger partial charge is 0.270 e. The van der Waals surface area contributed by atoms with Crippen LogP contribution in [0.25, 0.3) is 0 Å². The number of nitrogens with zero attached hydrogens (tertiary/aromatic N) is 4. The number of hydrogen-bond donors (Lipinski definition) is 1. The number of hydrogen-bond acceptors (Lipinski definition) is 5. The molecule has 0 spiro atoms. The Balaban J connectivity index is 1.60. The Morgan fingerprint density at radius 2 is 1.88 bits per heavy atom. The molecule has 1 aromatic carbocycles. The number of halogens is 1. The Bertz CT molecular complexity index is 714. The summed E-state index contributed by atoms with van der Waals surface area (Å²) in [4.78, 5) is 25.6. The second kappa shape index (κ2) is 8.27. The van der Waals surface area contributed by atoms with Crippen molar-refractivity contribution >= 4 is 23.5 Å². The Morgan fingerprint density at radius 1 is 1.16 bits per heavy atom. The molecular formula is C18H22ClN5O. The van der Waals surface area contributed by atoms with Crippen molar-refractivity contribution in [3.05, 3.63) is 52.8 Å². The van der Waals surface area contributed by atoms with E-state index in [2.05, 4.69) is 32.0 Å². The Labute approximate surface area is 152 Å². The summed E-state index contributed by atoms with van der Waals surface area (Å²) in [6, 6.07) is 9.04. The molecule has 1 N–H and O–H groups in total. The molecule has 1 aromatic heterocycles. The number of piperazine rings is 1. The van der Waals surface area contributed by atoms with E-state index >= 15 is 0 Å². The van der Waals surface area contributed by atoms with E-state index in [0.717, 1.165) is 38.3 Å². The average molecular weight is 360 g/mol. The highest BCUT2D eigenvalue weighted by Crippen LogP contribution is 2.12. The molecular weight excluding hydrogens is 338 g/mol. The molecule has 1 aliphatic heterocycles. The predicted octanol–water partition coefficient (Wildman–Crippen LogP) is 2.20. The van der Waals surface area contributed by atoms with Crippen molar-refractivity contribution in [3.8, 4) is 0 Å². The maximum atomic E-state index is 12.4. The molecule has 0 atom stereocenters. The number of carbonyl (C=O) groups excluding carboxylic acids is 1. The molecule has 1 aliphatic rings. The van der Waals surface area contributed by atoms with E-state index in [-0.39, 0.29) is 5.91 Å². The summed E-state index contributed by atoms with van der Waals surface area (Å²) in [5.74, 6) is 0.417. The van der Waals surface area contributed by atoms with Crippen molar-refractivity contribution in [1.82, 2.24) is 20.2 Å². The van der Waals surface area contributed by atoms with Gasteiger partial charge in [-0.3, -0.25) is 4.79 Å². The van der Waals surface area contributed by atoms with Gasteiger partial charge in [0.25, 0.3) is 5.91 Å². The number of carbonyl (C=O) groups is 1. The van der Waals surface area contributed by atoms with Crippen LogP contribution >= 0.6 is 11.6 Å². The van der Waals surface area contributed by atoms with Crippen LogP contribution < -0.4 is 10.2 Å². The van der Waals surface area contributed by atoms with Crippen LogP contribution in [-0.2, 0) is 6.54 Å². The zero-order chi connectivity index (χ0) is 17.6. The zero-order valence-electron chi connectivity index (χ0n) is 14.3. The Kier molecular flexibility index (Phi) is 5.83. The lowest BCUT2D eigenvalue weighted by Crippen LogP contribution is -2.46. The quantitative estimate of drug-likeness (QED) is 0.886. The van der Waals surface area contributed by atoms with Crippen molar-refractivity contribution in [3.63, 3.8) is 0 Å². The molecule has 132 valence electrons. The van der Waals surface area contributed by atoms with E-state index in [4.69, 9.17) is 11.6 Å². The predicted molar refractivity (Wildman–Crippen MR) is 99.0 cm³/mol. The van der Waals surface area contributed by atoms with E-state index in [1.165, 1.54) is 0 Å². The maximum absolute atomic E-state index is 12.4. The van der Waals surface area contributed by atoms with Gasteiger partial charge >= 0.3 is 0 Å². The van der Waals surface area contributed by atoms with Gasteiger partial charge in [0.1, 0.15) is 5.69 Å². The van der Waals surface area contributed by atoms with Gasteiger partial charge in [-0.1, -0.05) is 30.7 Å². The van der Waals surface area contributed by atoms with E-state index < -0.39 is 0 Å². The summed E-state index contributed by atoms with van der Waals surface area (Å²) >= 11 is 5.87. The first-order valence-electron chi connectivity index (χ1n) is 8.48. The van der Waals surface area contributed by atoms with Gasteiger partial charge in [0, 0.05) is 43.9 Å². The van der Waals surface area contributed by atoms with Gasteiger partial charge in [0.05, 0.1) is 0 Å². The highest BCUT2D eigenvalue weighted by molar-refractivity contribution is 6.30. The summed E-state index contributed by atoms with van der Waals surface area (Å²) < 4.78 is 0. The monoisotopic (exact) mass is 359 g/mol. The van der Waals surface area contributed by atoms with Gasteiger partial charge < -0.3 is 15.1 Å². The molecule has 0 saturated carbocycles. The Morgan fingerprint density at radius 3 is 2.56 bits per heavy atom. The number of anilines is 1. The molecule has 1 saturated heterocycles. The maximum Gasteiger partial charge on any atom is 0.270 e. The summed E-state index contributed by atoms with van der Waals surface area (Å²) in [6.45, 7) is 7.40. The molecule has 0 aliphatic carbocycles. The molecule has 1 amide bonds. The molecule has 3 rings (SSSR count). The van der Waals surface area contributed by atoms with Crippen LogP contribution in [0.15, 0.2) is 36.5 Å². The fourth-order valence-corrected chi connectivity index (χ4v) is 2.89. The first-order chi connectivity index (χ1) is 12.2. The third kappa shape index (κ3) is 4.67. The second-order valence-electron chi connectivity index (χ2n) is 5.97. The lowest BCUT2D eigenvalue weighted by molar-refractivity contribution is 0.0946. The molecule has 2 heterocycles. The molecule has 0 bridgehead atoms. The third-order valence-electron chi connectivity index (χ3n) is 4.34. The first kappa shape index (κ1) is 17.6. The van der Waals surface area contributed by atoms with Crippen LogP contribution in [0.2, 0.25) is 5.02 Å². The number of benzene rings is 1. The number of likely N-dealkylation sites (N-methyl/N-ethyl adjacent to an activating group) is 1. The van der Waals surface area contributed by atoms with Crippen molar-refractivity contribution in [2.45, 2.75) is 13.5 Å². The molecule has 2 aromatic rings. The minimum absolute atomic E-state index is 0.203. The van der Waals surface area contributed by atoms with E-state index in [1.807, 2.05) is 24.3 Å². The molecule has 0 unspecified atom stereocenters.